The number of anilines is 1. The highest BCUT2D eigenvalue weighted by Crippen LogP contribution is 2.26. The lowest BCUT2D eigenvalue weighted by molar-refractivity contribution is 0.166. The van der Waals surface area contributed by atoms with Crippen LogP contribution in [0.3, 0.4) is 0 Å². The van der Waals surface area contributed by atoms with Crippen LogP contribution in [0.4, 0.5) is 10.2 Å². The third-order valence-electron chi connectivity index (χ3n) is 3.68. The van der Waals surface area contributed by atoms with Crippen molar-refractivity contribution in [3.05, 3.63) is 52.9 Å². The molecular formula is C17H18ClFN2O2S. The van der Waals surface area contributed by atoms with E-state index in [0.29, 0.717) is 10.8 Å². The molecule has 0 amide bonds. The van der Waals surface area contributed by atoms with Gasteiger partial charge in [-0.15, -0.1) is 0 Å². The Hall–Kier alpha value is -1.50. The van der Waals surface area contributed by atoms with Gasteiger partial charge in [-0.1, -0.05) is 11.6 Å². The number of benzene rings is 1. The summed E-state index contributed by atoms with van der Waals surface area (Å²) in [5.41, 5.74) is 0.949. The zero-order valence-corrected chi connectivity index (χ0v) is 14.8. The van der Waals surface area contributed by atoms with Crippen LogP contribution in [0.25, 0.3) is 0 Å². The Morgan fingerprint density at radius 2 is 2.04 bits per heavy atom. The summed E-state index contributed by atoms with van der Waals surface area (Å²) in [6, 6.07) is 9.82. The zero-order valence-electron chi connectivity index (χ0n) is 13.2. The van der Waals surface area contributed by atoms with Gasteiger partial charge in [-0.05, 0) is 48.4 Å². The van der Waals surface area contributed by atoms with Crippen molar-refractivity contribution in [2.45, 2.75) is 12.5 Å². The molecule has 3 rings (SSSR count). The highest BCUT2D eigenvalue weighted by atomic mass is 35.5. The van der Waals surface area contributed by atoms with Crippen LogP contribution >= 0.6 is 23.6 Å². The lowest BCUT2D eigenvalue weighted by atomic mass is 10.1. The van der Waals surface area contributed by atoms with E-state index in [-0.39, 0.29) is 11.9 Å². The zero-order chi connectivity index (χ0) is 16.9. The van der Waals surface area contributed by atoms with Crippen LogP contribution in [-0.2, 0) is 10.6 Å². The average molecular weight is 369 g/mol. The van der Waals surface area contributed by atoms with Gasteiger partial charge in [-0.2, -0.15) is 0 Å². The van der Waals surface area contributed by atoms with Gasteiger partial charge >= 0.3 is 0 Å². The molecule has 0 atom stereocenters. The third kappa shape index (κ3) is 4.53. The number of aromatic nitrogens is 1. The van der Waals surface area contributed by atoms with Crippen molar-refractivity contribution in [2.24, 2.45) is 0 Å². The molecule has 1 fully saturated rings. The Balaban J connectivity index is 1.55. The van der Waals surface area contributed by atoms with Crippen LogP contribution < -0.4 is 9.64 Å². The molecule has 2 heterocycles. The van der Waals surface area contributed by atoms with Crippen molar-refractivity contribution in [3.63, 3.8) is 0 Å². The minimum Gasteiger partial charge on any atom is -0.487 e. The van der Waals surface area contributed by atoms with E-state index in [0.717, 1.165) is 36.8 Å². The quantitative estimate of drug-likeness (QED) is 0.545. The Bertz CT molecular complexity index is 681. The first-order valence-corrected chi connectivity index (χ1v) is 8.92. The first kappa shape index (κ1) is 17.3. The minimum atomic E-state index is -0.264. The molecule has 1 saturated heterocycles. The number of nitrogens with zero attached hydrogens (tertiary/aromatic N) is 2. The van der Waals surface area contributed by atoms with Crippen molar-refractivity contribution in [1.82, 2.24) is 4.98 Å². The Morgan fingerprint density at radius 1 is 1.29 bits per heavy atom. The number of rotatable bonds is 7. The normalized spacial score (nSPS) is 14.5. The molecule has 1 aliphatic rings. The molecule has 0 N–H and O–H groups in total. The fourth-order valence-electron chi connectivity index (χ4n) is 2.46. The van der Waals surface area contributed by atoms with Gasteiger partial charge < -0.3 is 13.8 Å². The summed E-state index contributed by atoms with van der Waals surface area (Å²) in [6.07, 6.45) is 0.874. The number of hydrogen-bond donors (Lipinski definition) is 0. The van der Waals surface area contributed by atoms with E-state index in [4.69, 9.17) is 20.5 Å². The number of halogens is 2. The predicted molar refractivity (Wildman–Crippen MR) is 95.4 cm³/mol. The summed E-state index contributed by atoms with van der Waals surface area (Å²) < 4.78 is 23.7. The van der Waals surface area contributed by atoms with Gasteiger partial charge in [0.15, 0.2) is 0 Å². The molecule has 0 aliphatic carbocycles. The largest absolute Gasteiger partial charge is 0.487 e. The van der Waals surface area contributed by atoms with Crippen molar-refractivity contribution in [3.8, 4) is 5.75 Å². The van der Waals surface area contributed by atoms with Gasteiger partial charge in [0.25, 0.3) is 0 Å². The van der Waals surface area contributed by atoms with Gasteiger partial charge in [0.05, 0.1) is 20.2 Å². The van der Waals surface area contributed by atoms with Crippen LogP contribution in [0.2, 0.25) is 5.02 Å². The summed E-state index contributed by atoms with van der Waals surface area (Å²) in [4.78, 5) is 6.77. The van der Waals surface area contributed by atoms with E-state index >= 15 is 0 Å². The molecule has 1 aromatic carbocycles. The van der Waals surface area contributed by atoms with Crippen LogP contribution in [0.1, 0.15) is 5.69 Å². The highest BCUT2D eigenvalue weighted by Gasteiger charge is 2.30. The number of ether oxygens (including phenoxy) is 1. The second-order valence-corrected chi connectivity index (χ2v) is 6.89. The van der Waals surface area contributed by atoms with Crippen LogP contribution in [0, 0.1) is 5.82 Å². The third-order valence-corrected chi connectivity index (χ3v) is 4.50. The van der Waals surface area contributed by atoms with Crippen LogP contribution in [-0.4, -0.2) is 37.0 Å². The first-order chi connectivity index (χ1) is 11.6. The van der Waals surface area contributed by atoms with Gasteiger partial charge in [-0.25, -0.2) is 9.37 Å². The Morgan fingerprint density at radius 3 is 2.75 bits per heavy atom. The molecule has 4 nitrogen and oxygen atoms in total. The maximum absolute atomic E-state index is 12.9. The summed E-state index contributed by atoms with van der Waals surface area (Å²) >= 11 is 7.60. The standard InChI is InChI=1S/C17H18ClFN2O2S/c1-22-24-7-6-14-8-12(18)9-17(20-14)21-10-16(11-21)23-15-4-2-13(19)3-5-15/h2-5,8-9,16H,6-7,10-11H2,1H3. The summed E-state index contributed by atoms with van der Waals surface area (Å²) in [5.74, 6) is 2.11. The summed E-state index contributed by atoms with van der Waals surface area (Å²) in [6.45, 7) is 1.47. The second-order valence-electron chi connectivity index (χ2n) is 5.47. The molecule has 0 radical (unpaired) electrons. The van der Waals surface area contributed by atoms with Gasteiger partial charge in [0.2, 0.25) is 0 Å². The highest BCUT2D eigenvalue weighted by molar-refractivity contribution is 7.94. The molecule has 0 unspecified atom stereocenters. The van der Waals surface area contributed by atoms with E-state index in [2.05, 4.69) is 9.88 Å². The molecule has 0 spiro atoms. The van der Waals surface area contributed by atoms with Crippen LogP contribution in [0.15, 0.2) is 36.4 Å². The lowest BCUT2D eigenvalue weighted by Gasteiger charge is -2.40. The molecule has 2 aromatic rings. The fraction of sp³-hybridized carbons (Fsp3) is 0.353. The van der Waals surface area contributed by atoms with Crippen molar-refractivity contribution >= 4 is 29.5 Å². The van der Waals surface area contributed by atoms with E-state index in [1.165, 1.54) is 24.2 Å². The molecule has 128 valence electrons. The number of pyridine rings is 1. The maximum atomic E-state index is 12.9. The number of aryl methyl sites for hydroxylation is 1. The Labute approximate surface area is 150 Å². The molecule has 0 bridgehead atoms. The summed E-state index contributed by atoms with van der Waals surface area (Å²) in [5, 5.41) is 0.681. The smallest absolute Gasteiger partial charge is 0.134 e. The SMILES string of the molecule is COSCCc1cc(Cl)cc(N2CC(Oc3ccc(F)cc3)C2)n1. The monoisotopic (exact) mass is 368 g/mol. The molecule has 1 aromatic heterocycles. The minimum absolute atomic E-state index is 0.0729. The van der Waals surface area contributed by atoms with Gasteiger partial charge in [-0.3, -0.25) is 0 Å². The van der Waals surface area contributed by atoms with E-state index in [9.17, 15) is 4.39 Å². The molecular weight excluding hydrogens is 351 g/mol. The predicted octanol–water partition coefficient (Wildman–Crippen LogP) is 3.98. The van der Waals surface area contributed by atoms with Crippen molar-refractivity contribution < 1.29 is 13.3 Å². The summed E-state index contributed by atoms with van der Waals surface area (Å²) in [7, 11) is 1.66. The number of hydrogen-bond acceptors (Lipinski definition) is 5. The lowest BCUT2D eigenvalue weighted by Crippen LogP contribution is -2.54. The average Bonchev–Trinajstić information content (AvgIpc) is 2.52. The maximum Gasteiger partial charge on any atom is 0.134 e. The molecule has 1 aliphatic heterocycles. The van der Waals surface area contributed by atoms with Gasteiger partial charge in [0.1, 0.15) is 23.5 Å². The molecule has 24 heavy (non-hydrogen) atoms. The van der Waals surface area contributed by atoms with Crippen LogP contribution in [0.5, 0.6) is 5.75 Å². The molecule has 7 heteroatoms. The first-order valence-electron chi connectivity index (χ1n) is 7.63. The van der Waals surface area contributed by atoms with Gasteiger partial charge in [0, 0.05) is 22.9 Å². The van der Waals surface area contributed by atoms with E-state index < -0.39 is 0 Å². The second kappa shape index (κ2) is 8.05. The Kier molecular flexibility index (Phi) is 5.81. The van der Waals surface area contributed by atoms with E-state index in [1.807, 2.05) is 12.1 Å². The topological polar surface area (TPSA) is 34.6 Å². The van der Waals surface area contributed by atoms with Crippen molar-refractivity contribution in [1.29, 1.82) is 0 Å². The van der Waals surface area contributed by atoms with E-state index in [1.54, 1.807) is 19.2 Å². The fourth-order valence-corrected chi connectivity index (χ4v) is 3.14. The molecule has 0 saturated carbocycles. The van der Waals surface area contributed by atoms with Crippen molar-refractivity contribution in [2.75, 3.05) is 30.9 Å².